The van der Waals surface area contributed by atoms with Crippen molar-refractivity contribution in [2.45, 2.75) is 19.1 Å². The Bertz CT molecular complexity index is 896. The van der Waals surface area contributed by atoms with Gasteiger partial charge in [0.15, 0.2) is 0 Å². The van der Waals surface area contributed by atoms with Crippen LogP contribution < -0.4 is 0 Å². The van der Waals surface area contributed by atoms with E-state index >= 15 is 0 Å². The van der Waals surface area contributed by atoms with E-state index in [2.05, 4.69) is 33.0 Å². The zero-order valence-corrected chi connectivity index (χ0v) is 15.0. The predicted molar refractivity (Wildman–Crippen MR) is 99.4 cm³/mol. The topological polar surface area (TPSA) is 53.1 Å². The van der Waals surface area contributed by atoms with Crippen LogP contribution in [-0.4, -0.2) is 47.1 Å². The molecule has 7 heteroatoms. The number of likely N-dealkylation sites (tertiary alicyclic amines) is 1. The quantitative estimate of drug-likeness (QED) is 0.738. The van der Waals surface area contributed by atoms with Crippen LogP contribution in [0.3, 0.4) is 0 Å². The van der Waals surface area contributed by atoms with E-state index in [-0.39, 0.29) is 11.9 Å². The first-order chi connectivity index (χ1) is 13.2. The largest absolute Gasteiger partial charge is 0.368 e. The van der Waals surface area contributed by atoms with Crippen molar-refractivity contribution in [1.82, 2.24) is 9.88 Å². The van der Waals surface area contributed by atoms with Crippen molar-refractivity contribution in [2.75, 3.05) is 19.7 Å². The standard InChI is InChI=1S/C20H21FN5O/c1-25-19(20(23-24-25)17-6-2-3-7-18(17)21)14-27-16-8-10-26(13-16)12-15-5-4-9-22-11-15/h2-7,9,11,16H,1,8,10,12-14H2/q+1. The molecular weight excluding hydrogens is 345 g/mol. The van der Waals surface area contributed by atoms with Gasteiger partial charge in [-0.1, -0.05) is 18.2 Å². The van der Waals surface area contributed by atoms with Crippen LogP contribution in [-0.2, 0) is 11.3 Å². The summed E-state index contributed by atoms with van der Waals surface area (Å²) in [4.78, 5) is 6.51. The fourth-order valence-corrected chi connectivity index (χ4v) is 3.36. The number of ether oxygens (including phenoxy) is 1. The van der Waals surface area contributed by atoms with Crippen LogP contribution in [0.25, 0.3) is 5.70 Å². The SMILES string of the molecule is C=[N+]1N=NC(c2ccccc2F)=C1COC1CCN(Cc2cccnc2)C1. The maximum Gasteiger partial charge on any atom is 0.260 e. The van der Waals surface area contributed by atoms with Crippen molar-refractivity contribution in [2.24, 2.45) is 10.3 Å². The van der Waals surface area contributed by atoms with E-state index in [4.69, 9.17) is 4.74 Å². The van der Waals surface area contributed by atoms with E-state index in [1.165, 1.54) is 16.3 Å². The smallest absolute Gasteiger partial charge is 0.260 e. The maximum atomic E-state index is 14.1. The summed E-state index contributed by atoms with van der Waals surface area (Å²) in [6.07, 6.45) is 4.74. The molecule has 2 aromatic rings. The Labute approximate surface area is 157 Å². The molecule has 1 saturated heterocycles. The molecule has 0 saturated carbocycles. The third-order valence-electron chi connectivity index (χ3n) is 4.78. The van der Waals surface area contributed by atoms with Crippen molar-refractivity contribution in [3.05, 3.63) is 71.4 Å². The van der Waals surface area contributed by atoms with Crippen LogP contribution in [0.2, 0.25) is 0 Å². The second kappa shape index (κ2) is 7.85. The number of halogens is 1. The first-order valence-electron chi connectivity index (χ1n) is 8.94. The zero-order chi connectivity index (χ0) is 18.6. The van der Waals surface area contributed by atoms with Gasteiger partial charge in [-0.2, -0.15) is 0 Å². The molecule has 138 valence electrons. The Balaban J connectivity index is 1.39. The van der Waals surface area contributed by atoms with Gasteiger partial charge in [0.1, 0.15) is 17.6 Å². The number of hydrogen-bond acceptors (Lipinski definition) is 5. The maximum absolute atomic E-state index is 14.1. The molecule has 2 aliphatic rings. The van der Waals surface area contributed by atoms with Gasteiger partial charge in [0.25, 0.3) is 5.70 Å². The summed E-state index contributed by atoms with van der Waals surface area (Å²) < 4.78 is 21.6. The molecule has 0 spiro atoms. The van der Waals surface area contributed by atoms with Gasteiger partial charge in [0.05, 0.1) is 23.5 Å². The summed E-state index contributed by atoms with van der Waals surface area (Å²) in [6.45, 7) is 6.82. The molecule has 1 fully saturated rings. The molecule has 1 aromatic heterocycles. The highest BCUT2D eigenvalue weighted by Gasteiger charge is 2.31. The van der Waals surface area contributed by atoms with Crippen molar-refractivity contribution in [3.63, 3.8) is 0 Å². The number of nitrogens with zero attached hydrogens (tertiary/aromatic N) is 5. The lowest BCUT2D eigenvalue weighted by Crippen LogP contribution is -2.24. The van der Waals surface area contributed by atoms with Gasteiger partial charge in [-0.05, 0) is 30.2 Å². The van der Waals surface area contributed by atoms with Crippen molar-refractivity contribution in [1.29, 1.82) is 0 Å². The molecule has 0 aliphatic carbocycles. The Morgan fingerprint density at radius 2 is 2.15 bits per heavy atom. The molecule has 6 nitrogen and oxygen atoms in total. The number of pyridine rings is 1. The average Bonchev–Trinajstić information content (AvgIpc) is 3.28. The zero-order valence-electron chi connectivity index (χ0n) is 15.0. The summed E-state index contributed by atoms with van der Waals surface area (Å²) in [5, 5.41) is 8.02. The highest BCUT2D eigenvalue weighted by molar-refractivity contribution is 5.67. The highest BCUT2D eigenvalue weighted by atomic mass is 19.1. The van der Waals surface area contributed by atoms with E-state index in [0.29, 0.717) is 23.6 Å². The van der Waals surface area contributed by atoms with E-state index < -0.39 is 0 Å². The van der Waals surface area contributed by atoms with Gasteiger partial charge in [-0.15, -0.1) is 4.68 Å². The third-order valence-corrected chi connectivity index (χ3v) is 4.78. The molecular formula is C20H21FN5O+. The van der Waals surface area contributed by atoms with E-state index in [9.17, 15) is 4.39 Å². The van der Waals surface area contributed by atoms with E-state index in [1.807, 2.05) is 12.3 Å². The first-order valence-corrected chi connectivity index (χ1v) is 8.94. The Morgan fingerprint density at radius 3 is 2.96 bits per heavy atom. The molecule has 0 radical (unpaired) electrons. The van der Waals surface area contributed by atoms with Crippen LogP contribution in [0.4, 0.5) is 4.39 Å². The molecule has 27 heavy (non-hydrogen) atoms. The van der Waals surface area contributed by atoms with Gasteiger partial charge < -0.3 is 4.74 Å². The van der Waals surface area contributed by atoms with Crippen molar-refractivity contribution in [3.8, 4) is 0 Å². The third kappa shape index (κ3) is 3.99. The number of aromatic nitrogens is 1. The lowest BCUT2D eigenvalue weighted by atomic mass is 10.1. The minimum absolute atomic E-state index is 0.116. The molecule has 1 atom stereocenters. The van der Waals surface area contributed by atoms with E-state index in [0.717, 1.165) is 26.1 Å². The van der Waals surface area contributed by atoms with Gasteiger partial charge in [0.2, 0.25) is 5.70 Å². The molecule has 0 N–H and O–H groups in total. The molecule has 1 aromatic carbocycles. The van der Waals surface area contributed by atoms with Gasteiger partial charge in [0, 0.05) is 32.0 Å². The van der Waals surface area contributed by atoms with Crippen LogP contribution in [0.5, 0.6) is 0 Å². The van der Waals surface area contributed by atoms with Crippen LogP contribution in [0.15, 0.2) is 64.8 Å². The molecule has 0 bridgehead atoms. The summed E-state index contributed by atoms with van der Waals surface area (Å²) >= 11 is 0. The fraction of sp³-hybridized carbons (Fsp3) is 0.300. The van der Waals surface area contributed by atoms with Crippen LogP contribution in [0, 0.1) is 5.82 Å². The Kier molecular flexibility index (Phi) is 5.13. The lowest BCUT2D eigenvalue weighted by molar-refractivity contribution is -0.479. The van der Waals surface area contributed by atoms with Gasteiger partial charge in [-0.25, -0.2) is 4.39 Å². The van der Waals surface area contributed by atoms with E-state index in [1.54, 1.807) is 24.4 Å². The minimum Gasteiger partial charge on any atom is -0.368 e. The minimum atomic E-state index is -0.331. The Morgan fingerprint density at radius 1 is 1.26 bits per heavy atom. The first kappa shape index (κ1) is 17.6. The monoisotopic (exact) mass is 366 g/mol. The summed E-state index contributed by atoms with van der Waals surface area (Å²) in [6, 6.07) is 10.6. The number of rotatable bonds is 6. The van der Waals surface area contributed by atoms with Gasteiger partial charge >= 0.3 is 0 Å². The lowest BCUT2D eigenvalue weighted by Gasteiger charge is -2.16. The highest BCUT2D eigenvalue weighted by Crippen LogP contribution is 2.29. The molecule has 2 aliphatic heterocycles. The molecule has 0 amide bonds. The van der Waals surface area contributed by atoms with Crippen molar-refractivity contribution >= 4 is 12.4 Å². The normalized spacial score (nSPS) is 20.0. The van der Waals surface area contributed by atoms with Crippen LogP contribution >= 0.6 is 0 Å². The average molecular weight is 366 g/mol. The number of benzene rings is 1. The fourth-order valence-electron chi connectivity index (χ4n) is 3.36. The molecule has 4 rings (SSSR count). The second-order valence-corrected chi connectivity index (χ2v) is 6.68. The van der Waals surface area contributed by atoms with Crippen molar-refractivity contribution < 1.29 is 13.8 Å². The number of hydrogen-bond donors (Lipinski definition) is 0. The summed E-state index contributed by atoms with van der Waals surface area (Å²) in [5.74, 6) is -0.331. The van der Waals surface area contributed by atoms with Gasteiger partial charge in [-0.3, -0.25) is 9.88 Å². The molecule has 3 heterocycles. The molecule has 1 unspecified atom stereocenters. The second-order valence-electron chi connectivity index (χ2n) is 6.68. The Hall–Kier alpha value is -2.77. The van der Waals surface area contributed by atoms with Crippen LogP contribution in [0.1, 0.15) is 17.5 Å². The summed E-state index contributed by atoms with van der Waals surface area (Å²) in [5.41, 5.74) is 2.76. The summed E-state index contributed by atoms with van der Waals surface area (Å²) in [7, 11) is 0. The predicted octanol–water partition coefficient (Wildman–Crippen LogP) is 3.27.